The van der Waals surface area contributed by atoms with Crippen molar-refractivity contribution in [1.82, 2.24) is 10.1 Å². The van der Waals surface area contributed by atoms with E-state index in [-0.39, 0.29) is 33.9 Å². The Morgan fingerprint density at radius 2 is 1.93 bits per heavy atom. The first-order valence-corrected chi connectivity index (χ1v) is 9.32. The van der Waals surface area contributed by atoms with Crippen LogP contribution in [0.25, 0.3) is 11.3 Å². The van der Waals surface area contributed by atoms with Gasteiger partial charge < -0.3 is 14.2 Å². The van der Waals surface area contributed by atoms with Crippen molar-refractivity contribution in [3.8, 4) is 17.0 Å². The number of carbonyl (C=O) groups excluding carboxylic acids is 1. The first kappa shape index (κ1) is 18.8. The Labute approximate surface area is 170 Å². The summed E-state index contributed by atoms with van der Waals surface area (Å²) in [6, 6.07) is 11.3. The van der Waals surface area contributed by atoms with Crippen molar-refractivity contribution in [3.05, 3.63) is 69.7 Å². The number of aryl methyl sites for hydroxylation is 1. The summed E-state index contributed by atoms with van der Waals surface area (Å²) in [6.07, 6.45) is -0.134. The highest BCUT2D eigenvalue weighted by Crippen LogP contribution is 2.34. The normalized spacial score (nSPS) is 14.1. The number of benzene rings is 2. The molecular formula is C20H15Cl2FN2O3. The molecular weight excluding hydrogens is 406 g/mol. The van der Waals surface area contributed by atoms with Crippen LogP contribution in [0.15, 0.2) is 47.0 Å². The predicted octanol–water partition coefficient (Wildman–Crippen LogP) is 5.00. The van der Waals surface area contributed by atoms with Gasteiger partial charge in [0.05, 0.1) is 23.7 Å². The minimum absolute atomic E-state index is 0.0545. The lowest BCUT2D eigenvalue weighted by Gasteiger charge is -2.39. The average Bonchev–Trinajstić information content (AvgIpc) is 3.00. The van der Waals surface area contributed by atoms with E-state index >= 15 is 0 Å². The standard InChI is InChI=1S/C20H15Cl2FN2O3/c1-11-17(19(24-28-11)18-15(22)3-2-4-16(18)23)20(26)25-9-14(10-25)27-13-7-5-12(21)6-8-13/h2-8,14H,9-10H2,1H3. The molecule has 0 N–H and O–H groups in total. The summed E-state index contributed by atoms with van der Waals surface area (Å²) in [4.78, 5) is 14.6. The van der Waals surface area contributed by atoms with Crippen LogP contribution in [-0.4, -0.2) is 35.2 Å². The fourth-order valence-electron chi connectivity index (χ4n) is 3.06. The summed E-state index contributed by atoms with van der Waals surface area (Å²) < 4.78 is 25.3. The average molecular weight is 421 g/mol. The minimum Gasteiger partial charge on any atom is -0.487 e. The van der Waals surface area contributed by atoms with Crippen molar-refractivity contribution in [1.29, 1.82) is 0 Å². The molecule has 144 valence electrons. The molecule has 3 aromatic rings. The van der Waals surface area contributed by atoms with Gasteiger partial charge in [-0.1, -0.05) is 34.4 Å². The van der Waals surface area contributed by atoms with Crippen molar-refractivity contribution in [2.45, 2.75) is 13.0 Å². The molecule has 4 rings (SSSR count). The van der Waals surface area contributed by atoms with E-state index in [9.17, 15) is 9.18 Å². The molecule has 0 saturated carbocycles. The van der Waals surface area contributed by atoms with Crippen LogP contribution in [0.5, 0.6) is 5.75 Å². The molecule has 1 amide bonds. The molecule has 1 aromatic heterocycles. The maximum absolute atomic E-state index is 14.3. The Hall–Kier alpha value is -2.57. The summed E-state index contributed by atoms with van der Waals surface area (Å²) >= 11 is 12.0. The zero-order valence-corrected chi connectivity index (χ0v) is 16.3. The minimum atomic E-state index is -0.567. The molecule has 5 nitrogen and oxygen atoms in total. The number of hydrogen-bond acceptors (Lipinski definition) is 4. The van der Waals surface area contributed by atoms with Crippen molar-refractivity contribution in [3.63, 3.8) is 0 Å². The molecule has 0 atom stereocenters. The molecule has 2 aromatic carbocycles. The van der Waals surface area contributed by atoms with Gasteiger partial charge in [0.1, 0.15) is 34.7 Å². The van der Waals surface area contributed by atoms with E-state index in [0.29, 0.717) is 29.6 Å². The van der Waals surface area contributed by atoms with Crippen LogP contribution in [-0.2, 0) is 0 Å². The van der Waals surface area contributed by atoms with Gasteiger partial charge in [-0.2, -0.15) is 0 Å². The monoisotopic (exact) mass is 420 g/mol. The first-order chi connectivity index (χ1) is 13.4. The van der Waals surface area contributed by atoms with Gasteiger partial charge in [0.15, 0.2) is 0 Å². The maximum Gasteiger partial charge on any atom is 0.260 e. The van der Waals surface area contributed by atoms with E-state index in [0.717, 1.165) is 0 Å². The number of ether oxygens (including phenoxy) is 1. The molecule has 1 fully saturated rings. The largest absolute Gasteiger partial charge is 0.487 e. The molecule has 8 heteroatoms. The third-order valence-corrected chi connectivity index (χ3v) is 5.09. The number of halogens is 3. The van der Waals surface area contributed by atoms with E-state index in [2.05, 4.69) is 5.16 Å². The Morgan fingerprint density at radius 3 is 2.61 bits per heavy atom. The van der Waals surface area contributed by atoms with Gasteiger partial charge in [-0.15, -0.1) is 0 Å². The second kappa shape index (κ2) is 7.45. The third-order valence-electron chi connectivity index (χ3n) is 4.53. The third kappa shape index (κ3) is 3.45. The van der Waals surface area contributed by atoms with Crippen LogP contribution in [0, 0.1) is 12.7 Å². The van der Waals surface area contributed by atoms with Crippen LogP contribution < -0.4 is 4.74 Å². The van der Waals surface area contributed by atoms with Crippen LogP contribution in [0.4, 0.5) is 4.39 Å². The molecule has 1 aliphatic heterocycles. The molecule has 0 unspecified atom stereocenters. The molecule has 0 spiro atoms. The highest BCUT2D eigenvalue weighted by molar-refractivity contribution is 6.33. The fourth-order valence-corrected chi connectivity index (χ4v) is 3.44. The lowest BCUT2D eigenvalue weighted by atomic mass is 10.0. The van der Waals surface area contributed by atoms with Crippen molar-refractivity contribution in [2.75, 3.05) is 13.1 Å². The molecule has 1 saturated heterocycles. The number of amides is 1. The van der Waals surface area contributed by atoms with Crippen molar-refractivity contribution in [2.24, 2.45) is 0 Å². The molecule has 2 heterocycles. The number of aromatic nitrogens is 1. The number of rotatable bonds is 4. The van der Waals surface area contributed by atoms with Gasteiger partial charge >= 0.3 is 0 Å². The van der Waals surface area contributed by atoms with Gasteiger partial charge in [-0.05, 0) is 43.3 Å². The summed E-state index contributed by atoms with van der Waals surface area (Å²) in [6.45, 7) is 2.41. The summed E-state index contributed by atoms with van der Waals surface area (Å²) in [5.41, 5.74) is 0.364. The van der Waals surface area contributed by atoms with Crippen LogP contribution in [0.1, 0.15) is 16.1 Å². The van der Waals surface area contributed by atoms with Crippen LogP contribution >= 0.6 is 23.2 Å². The molecule has 0 radical (unpaired) electrons. The lowest BCUT2D eigenvalue weighted by molar-refractivity contribution is 0.0177. The Morgan fingerprint density at radius 1 is 1.21 bits per heavy atom. The first-order valence-electron chi connectivity index (χ1n) is 8.56. The van der Waals surface area contributed by atoms with Crippen molar-refractivity contribution < 1.29 is 18.4 Å². The maximum atomic E-state index is 14.3. The molecule has 1 aliphatic rings. The number of carbonyl (C=O) groups is 1. The zero-order chi connectivity index (χ0) is 19.8. The van der Waals surface area contributed by atoms with Crippen molar-refractivity contribution >= 4 is 29.1 Å². The molecule has 0 bridgehead atoms. The summed E-state index contributed by atoms with van der Waals surface area (Å²) in [5, 5.41) is 4.66. The second-order valence-electron chi connectivity index (χ2n) is 6.46. The van der Waals surface area contributed by atoms with Gasteiger partial charge in [-0.3, -0.25) is 4.79 Å². The zero-order valence-electron chi connectivity index (χ0n) is 14.8. The Balaban J connectivity index is 1.51. The van der Waals surface area contributed by atoms with Gasteiger partial charge in [-0.25, -0.2) is 4.39 Å². The second-order valence-corrected chi connectivity index (χ2v) is 7.31. The Kier molecular flexibility index (Phi) is 5.00. The highest BCUT2D eigenvalue weighted by atomic mass is 35.5. The van der Waals surface area contributed by atoms with E-state index in [4.69, 9.17) is 32.5 Å². The van der Waals surface area contributed by atoms with Crippen LogP contribution in [0.2, 0.25) is 10.0 Å². The van der Waals surface area contributed by atoms with E-state index < -0.39 is 5.82 Å². The summed E-state index contributed by atoms with van der Waals surface area (Å²) in [7, 11) is 0. The van der Waals surface area contributed by atoms with Gasteiger partial charge in [0.25, 0.3) is 5.91 Å². The smallest absolute Gasteiger partial charge is 0.260 e. The highest BCUT2D eigenvalue weighted by Gasteiger charge is 2.36. The summed E-state index contributed by atoms with van der Waals surface area (Å²) in [5.74, 6) is 0.120. The predicted molar refractivity (Wildman–Crippen MR) is 103 cm³/mol. The fraction of sp³-hybridized carbons (Fsp3) is 0.200. The van der Waals surface area contributed by atoms with Gasteiger partial charge in [0, 0.05) is 5.02 Å². The number of likely N-dealkylation sites (tertiary alicyclic amines) is 1. The van der Waals surface area contributed by atoms with Gasteiger partial charge in [0.2, 0.25) is 0 Å². The van der Waals surface area contributed by atoms with Crippen LogP contribution in [0.3, 0.4) is 0 Å². The number of hydrogen-bond donors (Lipinski definition) is 0. The van der Waals surface area contributed by atoms with E-state index in [1.54, 1.807) is 36.1 Å². The van der Waals surface area contributed by atoms with E-state index in [1.165, 1.54) is 18.2 Å². The number of nitrogens with zero attached hydrogens (tertiary/aromatic N) is 2. The topological polar surface area (TPSA) is 55.6 Å². The van der Waals surface area contributed by atoms with E-state index in [1.807, 2.05) is 0 Å². The quantitative estimate of drug-likeness (QED) is 0.595. The Bertz CT molecular complexity index is 1010. The SMILES string of the molecule is Cc1onc(-c2c(F)cccc2Cl)c1C(=O)N1CC(Oc2ccc(Cl)cc2)C1. The lowest BCUT2D eigenvalue weighted by Crippen LogP contribution is -2.56. The molecule has 28 heavy (non-hydrogen) atoms. The molecule has 0 aliphatic carbocycles.